The second kappa shape index (κ2) is 56.5. The summed E-state index contributed by atoms with van der Waals surface area (Å²) in [5.74, 6) is -1.98. The fourth-order valence-corrected chi connectivity index (χ4v) is 9.90. The van der Waals surface area contributed by atoms with Crippen molar-refractivity contribution in [2.45, 2.75) is 347 Å². The maximum absolute atomic E-state index is 12.8. The van der Waals surface area contributed by atoms with Crippen LogP contribution in [0.4, 0.5) is 0 Å². The normalized spacial score (nSPS) is 12.6. The lowest BCUT2D eigenvalue weighted by Crippen LogP contribution is -2.40. The van der Waals surface area contributed by atoms with Gasteiger partial charge in [-0.1, -0.05) is 309 Å². The van der Waals surface area contributed by atoms with Crippen LogP contribution < -0.4 is 0 Å². The van der Waals surface area contributed by atoms with Gasteiger partial charge in [0.15, 0.2) is 6.10 Å². The zero-order valence-corrected chi connectivity index (χ0v) is 49.6. The first-order valence-corrected chi connectivity index (χ1v) is 32.2. The number of carboxylic acid groups (broad SMARTS) is 1. The monoisotopic (exact) mass is 1040 g/mol. The molecule has 73 heavy (non-hydrogen) atoms. The van der Waals surface area contributed by atoms with Crippen molar-refractivity contribution in [3.8, 4) is 0 Å². The molecule has 0 saturated carbocycles. The standard InChI is InChI=1S/C64H125NO8/c1-6-8-10-12-14-16-17-18-19-20-21-22-23-24-25-26-27-28-29-30-31-32-33-34-35-36-37-38-39-40-41-42-43-44-45-47-49-51-53-55-62(67)73-60(59-72-64(63(68)69)70-57-56-65(3,4)5)58-71-61(66)54-52-50-48-46-15-13-11-9-7-2/h60,64H,6-59H2,1-5H3/p+1. The van der Waals surface area contributed by atoms with E-state index in [2.05, 4.69) is 13.8 Å². The van der Waals surface area contributed by atoms with Gasteiger partial charge >= 0.3 is 17.9 Å². The first-order chi connectivity index (χ1) is 35.6. The Morgan fingerprint density at radius 3 is 0.877 bits per heavy atom. The number of carbonyl (C=O) groups is 3. The second-order valence-electron chi connectivity index (χ2n) is 23.4. The van der Waals surface area contributed by atoms with Crippen molar-refractivity contribution in [3.05, 3.63) is 0 Å². The fourth-order valence-electron chi connectivity index (χ4n) is 9.90. The summed E-state index contributed by atoms with van der Waals surface area (Å²) in [5, 5.41) is 9.67. The van der Waals surface area contributed by atoms with Crippen LogP contribution >= 0.6 is 0 Å². The van der Waals surface area contributed by atoms with Crippen LogP contribution in [0, 0.1) is 0 Å². The van der Waals surface area contributed by atoms with Crippen LogP contribution in [0.2, 0.25) is 0 Å². The van der Waals surface area contributed by atoms with E-state index in [0.717, 1.165) is 38.5 Å². The molecule has 0 aliphatic carbocycles. The Bertz CT molecular complexity index is 1160. The van der Waals surface area contributed by atoms with Crippen molar-refractivity contribution in [2.24, 2.45) is 0 Å². The Morgan fingerprint density at radius 2 is 0.616 bits per heavy atom. The van der Waals surface area contributed by atoms with Gasteiger partial charge in [0.2, 0.25) is 0 Å². The molecule has 2 unspecified atom stereocenters. The molecule has 0 radical (unpaired) electrons. The van der Waals surface area contributed by atoms with Gasteiger partial charge in [-0.2, -0.15) is 0 Å². The Kier molecular flexibility index (Phi) is 55.2. The van der Waals surface area contributed by atoms with Gasteiger partial charge in [-0.05, 0) is 12.8 Å². The Hall–Kier alpha value is -1.71. The summed E-state index contributed by atoms with van der Waals surface area (Å²) < 4.78 is 22.8. The number of likely N-dealkylation sites (N-methyl/N-ethyl adjacent to an activating group) is 1. The molecule has 1 N–H and O–H groups in total. The first kappa shape index (κ1) is 71.3. The average molecular weight is 1040 g/mol. The zero-order chi connectivity index (χ0) is 53.4. The van der Waals surface area contributed by atoms with Gasteiger partial charge in [0.25, 0.3) is 6.29 Å². The molecule has 0 saturated heterocycles. The zero-order valence-electron chi connectivity index (χ0n) is 49.6. The second-order valence-corrected chi connectivity index (χ2v) is 23.4. The largest absolute Gasteiger partial charge is 0.477 e. The molecule has 0 rings (SSSR count). The fraction of sp³-hybridized carbons (Fsp3) is 0.953. The molecule has 0 aliphatic rings. The third-order valence-electron chi connectivity index (χ3n) is 14.9. The van der Waals surface area contributed by atoms with Crippen LogP contribution in [0.5, 0.6) is 0 Å². The quantitative estimate of drug-likeness (QED) is 0.0278. The number of aliphatic carboxylic acids is 1. The number of hydrogen-bond donors (Lipinski definition) is 1. The Morgan fingerprint density at radius 1 is 0.356 bits per heavy atom. The molecule has 0 aliphatic heterocycles. The highest BCUT2D eigenvalue weighted by atomic mass is 16.7. The lowest BCUT2D eigenvalue weighted by molar-refractivity contribution is -0.870. The van der Waals surface area contributed by atoms with Gasteiger partial charge in [0.1, 0.15) is 13.2 Å². The molecule has 9 nitrogen and oxygen atoms in total. The number of nitrogens with zero attached hydrogens (tertiary/aromatic N) is 1. The van der Waals surface area contributed by atoms with E-state index in [4.69, 9.17) is 18.9 Å². The predicted octanol–water partition coefficient (Wildman–Crippen LogP) is 19.1. The summed E-state index contributed by atoms with van der Waals surface area (Å²) >= 11 is 0. The molecule has 0 aromatic rings. The first-order valence-electron chi connectivity index (χ1n) is 32.2. The number of hydrogen-bond acceptors (Lipinski definition) is 7. The van der Waals surface area contributed by atoms with Crippen molar-refractivity contribution < 1.29 is 42.9 Å². The van der Waals surface area contributed by atoms with E-state index < -0.39 is 18.4 Å². The van der Waals surface area contributed by atoms with E-state index in [1.165, 1.54) is 270 Å². The van der Waals surface area contributed by atoms with Crippen LogP contribution in [-0.2, 0) is 33.3 Å². The van der Waals surface area contributed by atoms with Crippen molar-refractivity contribution in [1.82, 2.24) is 0 Å². The Balaban J connectivity index is 3.80. The van der Waals surface area contributed by atoms with Gasteiger partial charge in [0.05, 0.1) is 34.4 Å². The number of quaternary nitrogens is 1. The van der Waals surface area contributed by atoms with E-state index in [1.54, 1.807) is 0 Å². The minimum absolute atomic E-state index is 0.174. The third-order valence-corrected chi connectivity index (χ3v) is 14.9. The molecular weight excluding hydrogens is 911 g/mol. The summed E-state index contributed by atoms with van der Waals surface area (Å²) in [6.07, 6.45) is 62.6. The van der Waals surface area contributed by atoms with Gasteiger partial charge in [-0.3, -0.25) is 9.59 Å². The van der Waals surface area contributed by atoms with Crippen molar-refractivity contribution in [1.29, 1.82) is 0 Å². The molecular formula is C64H126NO8+. The molecule has 0 fully saturated rings. The molecule has 9 heteroatoms. The lowest BCUT2D eigenvalue weighted by atomic mass is 10.0. The number of esters is 2. The van der Waals surface area contributed by atoms with Crippen molar-refractivity contribution in [2.75, 3.05) is 47.5 Å². The topological polar surface area (TPSA) is 108 Å². The molecule has 0 bridgehead atoms. The van der Waals surface area contributed by atoms with E-state index in [1.807, 2.05) is 21.1 Å². The summed E-state index contributed by atoms with van der Waals surface area (Å²) in [4.78, 5) is 37.2. The molecule has 0 spiro atoms. The summed E-state index contributed by atoms with van der Waals surface area (Å²) in [5.41, 5.74) is 0. The number of rotatable bonds is 61. The Labute approximate surface area is 453 Å². The molecule has 0 amide bonds. The number of unbranched alkanes of at least 4 members (excludes halogenated alkanes) is 46. The van der Waals surface area contributed by atoms with Crippen LogP contribution in [-0.4, -0.2) is 87.4 Å². The van der Waals surface area contributed by atoms with Crippen LogP contribution in [0.15, 0.2) is 0 Å². The van der Waals surface area contributed by atoms with E-state index in [9.17, 15) is 19.5 Å². The van der Waals surface area contributed by atoms with E-state index in [-0.39, 0.29) is 38.2 Å². The van der Waals surface area contributed by atoms with Crippen LogP contribution in [0.25, 0.3) is 0 Å². The average Bonchev–Trinajstić information content (AvgIpc) is 3.36. The highest BCUT2D eigenvalue weighted by Crippen LogP contribution is 2.19. The number of carbonyl (C=O) groups excluding carboxylic acids is 2. The maximum Gasteiger partial charge on any atom is 0.361 e. The van der Waals surface area contributed by atoms with Gasteiger partial charge in [-0.15, -0.1) is 0 Å². The predicted molar refractivity (Wildman–Crippen MR) is 309 cm³/mol. The highest BCUT2D eigenvalue weighted by molar-refractivity contribution is 5.71. The number of carboxylic acids is 1. The van der Waals surface area contributed by atoms with Crippen LogP contribution in [0.3, 0.4) is 0 Å². The summed E-state index contributed by atoms with van der Waals surface area (Å²) in [7, 11) is 5.98. The summed E-state index contributed by atoms with van der Waals surface area (Å²) in [6, 6.07) is 0. The van der Waals surface area contributed by atoms with Crippen molar-refractivity contribution >= 4 is 17.9 Å². The molecule has 2 atom stereocenters. The van der Waals surface area contributed by atoms with Gasteiger partial charge in [-0.25, -0.2) is 4.79 Å². The van der Waals surface area contributed by atoms with E-state index >= 15 is 0 Å². The molecule has 0 heterocycles. The SMILES string of the molecule is CCCCCCCCCCCCCCCCCCCCCCCCCCCCCCCCCCCCCCCCCC(=O)OC(COC(=O)CCCCCCCCCCC)COC(OCC[N+](C)(C)C)C(=O)O. The highest BCUT2D eigenvalue weighted by Gasteiger charge is 2.25. The lowest BCUT2D eigenvalue weighted by Gasteiger charge is -2.25. The maximum atomic E-state index is 12.8. The molecule has 0 aromatic heterocycles. The minimum atomic E-state index is -1.50. The van der Waals surface area contributed by atoms with E-state index in [0.29, 0.717) is 17.4 Å². The van der Waals surface area contributed by atoms with Gasteiger partial charge < -0.3 is 28.5 Å². The minimum Gasteiger partial charge on any atom is -0.477 e. The smallest absolute Gasteiger partial charge is 0.361 e. The number of ether oxygens (including phenoxy) is 4. The van der Waals surface area contributed by atoms with Crippen molar-refractivity contribution in [3.63, 3.8) is 0 Å². The molecule has 0 aromatic carbocycles. The van der Waals surface area contributed by atoms with Crippen LogP contribution in [0.1, 0.15) is 335 Å². The third kappa shape index (κ3) is 57.8. The van der Waals surface area contributed by atoms with Gasteiger partial charge in [0, 0.05) is 12.8 Å². The molecule has 434 valence electrons. The summed E-state index contributed by atoms with van der Waals surface area (Å²) in [6.45, 7) is 4.91.